The summed E-state index contributed by atoms with van der Waals surface area (Å²) in [5.74, 6) is -0.165. The van der Waals surface area contributed by atoms with Gasteiger partial charge in [-0.1, -0.05) is 12.2 Å². The topological polar surface area (TPSA) is 46.5 Å². The monoisotopic (exact) mass is 198 g/mol. The van der Waals surface area contributed by atoms with Gasteiger partial charge in [0.2, 0.25) is 0 Å². The van der Waals surface area contributed by atoms with Gasteiger partial charge in [0.05, 0.1) is 6.61 Å². The predicted octanol–water partition coefficient (Wildman–Crippen LogP) is 1.68. The zero-order valence-electron chi connectivity index (χ0n) is 8.61. The van der Waals surface area contributed by atoms with Crippen molar-refractivity contribution in [2.75, 3.05) is 13.2 Å². The molecule has 0 aromatic heterocycles. The summed E-state index contributed by atoms with van der Waals surface area (Å²) in [5, 5.41) is 8.75. The molecule has 0 radical (unpaired) electrons. The second-order valence-corrected chi connectivity index (χ2v) is 2.91. The van der Waals surface area contributed by atoms with Crippen LogP contribution in [0.1, 0.15) is 19.8 Å². The number of ether oxygens (including phenoxy) is 1. The average molecular weight is 198 g/mol. The second-order valence-electron chi connectivity index (χ2n) is 2.91. The van der Waals surface area contributed by atoms with E-state index >= 15 is 0 Å². The molecule has 1 unspecified atom stereocenters. The van der Waals surface area contributed by atoms with Gasteiger partial charge in [0.15, 0.2) is 0 Å². The normalized spacial score (nSPS) is 12.7. The van der Waals surface area contributed by atoms with Crippen LogP contribution in [0.4, 0.5) is 0 Å². The SMILES string of the molecule is C=CCC(C=CC(=O)OCC)CCO. The number of hydrogen-bond donors (Lipinski definition) is 1. The largest absolute Gasteiger partial charge is 0.463 e. The Hall–Kier alpha value is -1.09. The smallest absolute Gasteiger partial charge is 0.330 e. The number of hydrogen-bond acceptors (Lipinski definition) is 3. The molecule has 3 nitrogen and oxygen atoms in total. The summed E-state index contributed by atoms with van der Waals surface area (Å²) in [6, 6.07) is 0. The number of aliphatic hydroxyl groups excluding tert-OH is 1. The lowest BCUT2D eigenvalue weighted by atomic mass is 10.0. The molecule has 0 saturated carbocycles. The molecule has 14 heavy (non-hydrogen) atoms. The van der Waals surface area contributed by atoms with Gasteiger partial charge in [-0.3, -0.25) is 0 Å². The molecule has 0 aliphatic carbocycles. The van der Waals surface area contributed by atoms with Crippen molar-refractivity contribution in [2.45, 2.75) is 19.8 Å². The molecule has 0 aromatic rings. The van der Waals surface area contributed by atoms with Crippen molar-refractivity contribution in [2.24, 2.45) is 5.92 Å². The quantitative estimate of drug-likeness (QED) is 0.384. The van der Waals surface area contributed by atoms with Crippen LogP contribution in [0.3, 0.4) is 0 Å². The Kier molecular flexibility index (Phi) is 7.84. The molecular weight excluding hydrogens is 180 g/mol. The summed E-state index contributed by atoms with van der Waals surface area (Å²) in [7, 11) is 0. The van der Waals surface area contributed by atoms with Crippen molar-refractivity contribution in [1.82, 2.24) is 0 Å². The minimum Gasteiger partial charge on any atom is -0.463 e. The molecule has 80 valence electrons. The maximum atomic E-state index is 11.0. The van der Waals surface area contributed by atoms with E-state index in [4.69, 9.17) is 9.84 Å². The third-order valence-corrected chi connectivity index (χ3v) is 1.76. The summed E-state index contributed by atoms with van der Waals surface area (Å²) in [6.45, 7) is 5.88. The lowest BCUT2D eigenvalue weighted by molar-refractivity contribution is -0.137. The molecule has 0 amide bonds. The van der Waals surface area contributed by atoms with E-state index in [9.17, 15) is 4.79 Å². The van der Waals surface area contributed by atoms with E-state index in [2.05, 4.69) is 6.58 Å². The summed E-state index contributed by atoms with van der Waals surface area (Å²) >= 11 is 0. The van der Waals surface area contributed by atoms with Gasteiger partial charge >= 0.3 is 5.97 Å². The van der Waals surface area contributed by atoms with Crippen LogP contribution in [0.15, 0.2) is 24.8 Å². The molecule has 0 aliphatic rings. The number of allylic oxidation sites excluding steroid dienone is 2. The van der Waals surface area contributed by atoms with Crippen LogP contribution in [0.5, 0.6) is 0 Å². The van der Waals surface area contributed by atoms with E-state index in [1.54, 1.807) is 19.1 Å². The maximum Gasteiger partial charge on any atom is 0.330 e. The molecule has 0 spiro atoms. The van der Waals surface area contributed by atoms with E-state index in [1.165, 1.54) is 6.08 Å². The van der Waals surface area contributed by atoms with Gasteiger partial charge in [0.25, 0.3) is 0 Å². The van der Waals surface area contributed by atoms with Crippen LogP contribution in [0.2, 0.25) is 0 Å². The Balaban J connectivity index is 3.99. The fraction of sp³-hybridized carbons (Fsp3) is 0.545. The summed E-state index contributed by atoms with van der Waals surface area (Å²) in [4.78, 5) is 11.0. The Bertz CT molecular complexity index is 197. The van der Waals surface area contributed by atoms with Crippen LogP contribution in [-0.4, -0.2) is 24.3 Å². The lowest BCUT2D eigenvalue weighted by Gasteiger charge is -2.06. The molecule has 0 heterocycles. The van der Waals surface area contributed by atoms with Gasteiger partial charge in [-0.15, -0.1) is 6.58 Å². The molecule has 0 bridgehead atoms. The first kappa shape index (κ1) is 12.9. The standard InChI is InChI=1S/C11H18O3/c1-3-5-10(8-9-12)6-7-11(13)14-4-2/h3,6-7,10,12H,1,4-5,8-9H2,2H3. The zero-order chi connectivity index (χ0) is 10.8. The van der Waals surface area contributed by atoms with Gasteiger partial charge in [0.1, 0.15) is 0 Å². The van der Waals surface area contributed by atoms with Gasteiger partial charge in [-0.05, 0) is 25.7 Å². The predicted molar refractivity (Wildman–Crippen MR) is 55.8 cm³/mol. The molecule has 0 saturated heterocycles. The van der Waals surface area contributed by atoms with Crippen LogP contribution in [0, 0.1) is 5.92 Å². The third-order valence-electron chi connectivity index (χ3n) is 1.76. The molecule has 0 fully saturated rings. The summed E-state index contributed by atoms with van der Waals surface area (Å²) in [6.07, 6.45) is 6.34. The molecular formula is C11H18O3. The minimum atomic E-state index is -0.334. The number of carbonyl (C=O) groups is 1. The highest BCUT2D eigenvalue weighted by atomic mass is 16.5. The Morgan fingerprint density at radius 3 is 2.86 bits per heavy atom. The molecule has 0 aromatic carbocycles. The minimum absolute atomic E-state index is 0.117. The highest BCUT2D eigenvalue weighted by Gasteiger charge is 2.02. The summed E-state index contributed by atoms with van der Waals surface area (Å²) < 4.78 is 4.73. The fourth-order valence-electron chi connectivity index (χ4n) is 1.08. The molecule has 3 heteroatoms. The van der Waals surface area contributed by atoms with Crippen LogP contribution in [0.25, 0.3) is 0 Å². The fourth-order valence-corrected chi connectivity index (χ4v) is 1.08. The van der Waals surface area contributed by atoms with Crippen molar-refractivity contribution in [1.29, 1.82) is 0 Å². The molecule has 1 N–H and O–H groups in total. The van der Waals surface area contributed by atoms with E-state index in [-0.39, 0.29) is 18.5 Å². The van der Waals surface area contributed by atoms with Crippen molar-refractivity contribution in [3.8, 4) is 0 Å². The van der Waals surface area contributed by atoms with Crippen molar-refractivity contribution >= 4 is 5.97 Å². The molecule has 0 rings (SSSR count). The van der Waals surface area contributed by atoms with Gasteiger partial charge < -0.3 is 9.84 Å². The van der Waals surface area contributed by atoms with E-state index in [0.717, 1.165) is 6.42 Å². The molecule has 1 atom stereocenters. The third kappa shape index (κ3) is 6.43. The Morgan fingerprint density at radius 1 is 1.64 bits per heavy atom. The first-order valence-electron chi connectivity index (χ1n) is 4.81. The van der Waals surface area contributed by atoms with Gasteiger partial charge in [-0.25, -0.2) is 4.79 Å². The highest BCUT2D eigenvalue weighted by molar-refractivity contribution is 5.81. The first-order valence-corrected chi connectivity index (χ1v) is 4.81. The van der Waals surface area contributed by atoms with Crippen LogP contribution >= 0.6 is 0 Å². The number of carbonyl (C=O) groups excluding carboxylic acids is 1. The van der Waals surface area contributed by atoms with Crippen molar-refractivity contribution in [3.63, 3.8) is 0 Å². The number of esters is 1. The van der Waals surface area contributed by atoms with Crippen LogP contribution < -0.4 is 0 Å². The van der Waals surface area contributed by atoms with Crippen LogP contribution in [-0.2, 0) is 9.53 Å². The Morgan fingerprint density at radius 2 is 2.36 bits per heavy atom. The van der Waals surface area contributed by atoms with Gasteiger partial charge in [0, 0.05) is 12.7 Å². The lowest BCUT2D eigenvalue weighted by Crippen LogP contribution is -2.03. The zero-order valence-corrected chi connectivity index (χ0v) is 8.61. The first-order chi connectivity index (χ1) is 6.74. The Labute approximate surface area is 85.1 Å². The molecule has 0 aliphatic heterocycles. The van der Waals surface area contributed by atoms with E-state index in [0.29, 0.717) is 13.0 Å². The number of rotatable bonds is 7. The van der Waals surface area contributed by atoms with Gasteiger partial charge in [-0.2, -0.15) is 0 Å². The van der Waals surface area contributed by atoms with Crippen molar-refractivity contribution < 1.29 is 14.6 Å². The number of aliphatic hydroxyl groups is 1. The maximum absolute atomic E-state index is 11.0. The van der Waals surface area contributed by atoms with E-state index < -0.39 is 0 Å². The highest BCUT2D eigenvalue weighted by Crippen LogP contribution is 2.10. The van der Waals surface area contributed by atoms with E-state index in [1.807, 2.05) is 0 Å². The second kappa shape index (κ2) is 8.51. The average Bonchev–Trinajstić information content (AvgIpc) is 2.15. The van der Waals surface area contributed by atoms with Crippen molar-refractivity contribution in [3.05, 3.63) is 24.8 Å². The summed E-state index contributed by atoms with van der Waals surface area (Å²) in [5.41, 5.74) is 0.